The normalized spacial score (nSPS) is 21.7. The summed E-state index contributed by atoms with van der Waals surface area (Å²) in [6, 6.07) is 9.71. The Morgan fingerprint density at radius 3 is 2.38 bits per heavy atom. The van der Waals surface area contributed by atoms with Gasteiger partial charge in [-0.05, 0) is 105 Å². The number of nitrogens with one attached hydrogen (secondary N) is 2. The molecule has 3 aliphatic rings. The van der Waals surface area contributed by atoms with E-state index in [1.54, 1.807) is 6.07 Å². The Balaban J connectivity index is 1.17. The van der Waals surface area contributed by atoms with Crippen LogP contribution < -0.4 is 15.4 Å². The van der Waals surface area contributed by atoms with Gasteiger partial charge in [0.2, 0.25) is 5.91 Å². The molecule has 8 nitrogen and oxygen atoms in total. The summed E-state index contributed by atoms with van der Waals surface area (Å²) in [7, 11) is -0.113. The SMILES string of the molecule is C/C=S(/CCc1c(C)cc(C(=O)N2CCC(CO)CC2)cc1C)N1CCC2(CC1)NC(c1cccc(OC(F)(F)F)c1)NC2=O. The molecule has 3 heterocycles. The minimum atomic E-state index is -4.79. The maximum atomic E-state index is 13.2. The molecular formula is C33H43F3N4O4S. The molecule has 45 heavy (non-hydrogen) atoms. The van der Waals surface area contributed by atoms with Gasteiger partial charge in [0.05, 0.1) is 0 Å². The molecule has 2 amide bonds. The second-order valence-corrected chi connectivity index (χ2v) is 14.5. The highest BCUT2D eigenvalue weighted by Crippen LogP contribution is 2.36. The first-order valence-corrected chi connectivity index (χ1v) is 17.0. The van der Waals surface area contributed by atoms with Gasteiger partial charge in [0, 0.05) is 44.1 Å². The van der Waals surface area contributed by atoms with Gasteiger partial charge in [-0.1, -0.05) is 17.5 Å². The van der Waals surface area contributed by atoms with Crippen molar-refractivity contribution in [1.29, 1.82) is 0 Å². The first-order chi connectivity index (χ1) is 21.4. The Morgan fingerprint density at radius 2 is 1.78 bits per heavy atom. The van der Waals surface area contributed by atoms with E-state index in [0.717, 1.165) is 54.8 Å². The Morgan fingerprint density at radius 1 is 1.11 bits per heavy atom. The standard InChI is InChI=1S/C33H43F3N4O4S/c1-4-45(17-10-28-22(2)18-26(19-23(28)3)30(42)39-13-8-24(21-41)9-14-39)40-15-11-32(12-16-40)31(43)37-29(38-32)25-6-5-7-27(20-25)44-33(34,35)36/h4-7,18-20,24,29,38,41H,8-17,21H2,1-3H3,(H,37,43). The van der Waals surface area contributed by atoms with Crippen LogP contribution in [-0.2, 0) is 11.2 Å². The van der Waals surface area contributed by atoms with E-state index in [4.69, 9.17) is 0 Å². The second-order valence-electron chi connectivity index (χ2n) is 12.3. The van der Waals surface area contributed by atoms with Crippen LogP contribution in [0, 0.1) is 19.8 Å². The van der Waals surface area contributed by atoms with Crippen molar-refractivity contribution in [2.24, 2.45) is 5.92 Å². The van der Waals surface area contributed by atoms with Crippen LogP contribution in [0.4, 0.5) is 13.2 Å². The van der Waals surface area contributed by atoms with Crippen molar-refractivity contribution in [3.63, 3.8) is 0 Å². The molecule has 2 aromatic rings. The number of piperidine rings is 2. The van der Waals surface area contributed by atoms with E-state index in [-0.39, 0.29) is 40.8 Å². The minimum Gasteiger partial charge on any atom is -0.406 e. The fourth-order valence-corrected chi connectivity index (χ4v) is 8.65. The molecule has 246 valence electrons. The molecule has 0 bridgehead atoms. The molecule has 5 rings (SSSR count). The van der Waals surface area contributed by atoms with E-state index in [1.807, 2.05) is 17.0 Å². The minimum absolute atomic E-state index is 0.0576. The number of halogens is 3. The summed E-state index contributed by atoms with van der Waals surface area (Å²) in [6.07, 6.45) is -1.65. The van der Waals surface area contributed by atoms with Crippen LogP contribution in [-0.4, -0.2) is 81.9 Å². The molecule has 2 aromatic carbocycles. The zero-order valence-corrected chi connectivity index (χ0v) is 26.9. The summed E-state index contributed by atoms with van der Waals surface area (Å²) in [4.78, 5) is 28.2. The van der Waals surface area contributed by atoms with E-state index < -0.39 is 18.1 Å². The number of hydrogen-bond acceptors (Lipinski definition) is 6. The Hall–Kier alpha value is -2.93. The summed E-state index contributed by atoms with van der Waals surface area (Å²) in [5.74, 6) is 0.822. The second kappa shape index (κ2) is 13.8. The number of nitrogens with zero attached hydrogens (tertiary/aromatic N) is 2. The van der Waals surface area contributed by atoms with E-state index in [9.17, 15) is 27.9 Å². The number of likely N-dealkylation sites (tertiary alicyclic amines) is 1. The van der Waals surface area contributed by atoms with Gasteiger partial charge in [-0.25, -0.2) is 0 Å². The number of aliphatic hydroxyl groups excluding tert-OH is 1. The molecule has 0 aliphatic carbocycles. The van der Waals surface area contributed by atoms with Crippen LogP contribution in [0.3, 0.4) is 0 Å². The molecule has 3 N–H and O–H groups in total. The van der Waals surface area contributed by atoms with Gasteiger partial charge in [-0.2, -0.15) is 0 Å². The molecule has 3 fully saturated rings. The average molecular weight is 649 g/mol. The van der Waals surface area contributed by atoms with Crippen LogP contribution in [0.15, 0.2) is 36.4 Å². The van der Waals surface area contributed by atoms with E-state index >= 15 is 0 Å². The lowest BCUT2D eigenvalue weighted by atomic mass is 9.88. The Labute approximate surface area is 265 Å². The van der Waals surface area contributed by atoms with Gasteiger partial charge >= 0.3 is 6.36 Å². The number of rotatable bonds is 8. The van der Waals surface area contributed by atoms with E-state index in [0.29, 0.717) is 31.5 Å². The number of carbonyl (C=O) groups is 2. The number of amides is 2. The number of benzene rings is 2. The van der Waals surface area contributed by atoms with Crippen molar-refractivity contribution in [1.82, 2.24) is 19.8 Å². The number of alkyl halides is 3. The quantitative estimate of drug-likeness (QED) is 0.355. The zero-order chi connectivity index (χ0) is 32.4. The third-order valence-electron chi connectivity index (χ3n) is 9.40. The average Bonchev–Trinajstić information content (AvgIpc) is 3.33. The van der Waals surface area contributed by atoms with Crippen LogP contribution in [0.1, 0.15) is 71.4 Å². The predicted molar refractivity (Wildman–Crippen MR) is 170 cm³/mol. The summed E-state index contributed by atoms with van der Waals surface area (Å²) in [6.45, 7) is 9.19. The van der Waals surface area contributed by atoms with Gasteiger partial charge in [0.25, 0.3) is 5.91 Å². The van der Waals surface area contributed by atoms with Crippen molar-refractivity contribution in [3.8, 4) is 5.75 Å². The van der Waals surface area contributed by atoms with Crippen molar-refractivity contribution in [2.75, 3.05) is 38.5 Å². The zero-order valence-electron chi connectivity index (χ0n) is 26.1. The third-order valence-corrected chi connectivity index (χ3v) is 11.6. The topological polar surface area (TPSA) is 94.1 Å². The maximum Gasteiger partial charge on any atom is 0.573 e. The van der Waals surface area contributed by atoms with E-state index in [1.165, 1.54) is 23.8 Å². The number of ether oxygens (including phenoxy) is 1. The van der Waals surface area contributed by atoms with Gasteiger partial charge in [0.1, 0.15) is 17.5 Å². The highest BCUT2D eigenvalue weighted by Gasteiger charge is 2.48. The molecule has 0 radical (unpaired) electrons. The molecule has 3 aliphatic heterocycles. The summed E-state index contributed by atoms with van der Waals surface area (Å²) < 4.78 is 44.6. The summed E-state index contributed by atoms with van der Waals surface area (Å²) >= 11 is 0. The first kappa shape index (κ1) is 33.4. The molecule has 12 heteroatoms. The first-order valence-electron chi connectivity index (χ1n) is 15.6. The Bertz CT molecular complexity index is 1410. The van der Waals surface area contributed by atoms with Crippen molar-refractivity contribution in [2.45, 2.75) is 70.9 Å². The van der Waals surface area contributed by atoms with Crippen molar-refractivity contribution in [3.05, 3.63) is 64.2 Å². The molecule has 2 unspecified atom stereocenters. The fraction of sp³-hybridized carbons (Fsp3) is 0.545. The molecule has 0 aromatic heterocycles. The number of aliphatic hydroxyl groups is 1. The van der Waals surface area contributed by atoms with Crippen LogP contribution >= 0.6 is 10.7 Å². The van der Waals surface area contributed by atoms with Crippen molar-refractivity contribution >= 4 is 27.9 Å². The number of aryl methyl sites for hydroxylation is 2. The van der Waals surface area contributed by atoms with Crippen LogP contribution in [0.25, 0.3) is 0 Å². The van der Waals surface area contributed by atoms with Gasteiger partial charge in [-0.15, -0.1) is 23.8 Å². The smallest absolute Gasteiger partial charge is 0.406 e. The molecule has 1 spiro atoms. The van der Waals surface area contributed by atoms with Crippen molar-refractivity contribution < 1.29 is 32.6 Å². The number of carbonyl (C=O) groups excluding carboxylic acids is 2. The molecule has 0 saturated carbocycles. The molecule has 3 saturated heterocycles. The Kier molecular flexibility index (Phi) is 10.3. The lowest BCUT2D eigenvalue weighted by molar-refractivity contribution is -0.274. The predicted octanol–water partition coefficient (Wildman–Crippen LogP) is 4.85. The van der Waals surface area contributed by atoms with Crippen LogP contribution in [0.2, 0.25) is 0 Å². The maximum absolute atomic E-state index is 13.2. The van der Waals surface area contributed by atoms with E-state index in [2.05, 4.69) is 45.8 Å². The summed E-state index contributed by atoms with van der Waals surface area (Å²) in [5.41, 5.74) is 3.95. The highest BCUT2D eigenvalue weighted by atomic mass is 32.2. The monoisotopic (exact) mass is 648 g/mol. The lowest BCUT2D eigenvalue weighted by Gasteiger charge is -2.39. The highest BCUT2D eigenvalue weighted by molar-refractivity contribution is 8.12. The summed E-state index contributed by atoms with van der Waals surface area (Å²) in [5, 5.41) is 18.0. The lowest BCUT2D eigenvalue weighted by Crippen LogP contribution is -2.53. The van der Waals surface area contributed by atoms with Gasteiger partial charge < -0.3 is 20.1 Å². The third kappa shape index (κ3) is 7.73. The molecule has 2 atom stereocenters. The van der Waals surface area contributed by atoms with Crippen LogP contribution in [0.5, 0.6) is 5.75 Å². The molecular weight excluding hydrogens is 605 g/mol. The van der Waals surface area contributed by atoms with Gasteiger partial charge in [0.15, 0.2) is 0 Å². The number of hydrogen-bond donors (Lipinski definition) is 3. The largest absolute Gasteiger partial charge is 0.573 e. The van der Waals surface area contributed by atoms with Gasteiger partial charge in [-0.3, -0.25) is 19.2 Å². The fourth-order valence-electron chi connectivity index (χ4n) is 6.79.